The lowest BCUT2D eigenvalue weighted by Gasteiger charge is -2.28. The van der Waals surface area contributed by atoms with Crippen molar-refractivity contribution in [1.29, 1.82) is 10.5 Å². The standard InChI is InChI=1S/C20H16N2/c21-13-18(14-22)20-17(12-15-6-2-1-3-7-15)11-10-16-8-4-5-9-19(16)20/h1-9,17H,10-12H2. The lowest BCUT2D eigenvalue weighted by molar-refractivity contribution is 0.585. The number of nitrogens with zero attached hydrogens (tertiary/aromatic N) is 2. The van der Waals surface area contributed by atoms with Gasteiger partial charge >= 0.3 is 0 Å². The van der Waals surface area contributed by atoms with E-state index in [1.54, 1.807) is 0 Å². The lowest BCUT2D eigenvalue weighted by Crippen LogP contribution is -2.17. The Morgan fingerprint density at radius 2 is 1.64 bits per heavy atom. The van der Waals surface area contributed by atoms with E-state index >= 15 is 0 Å². The second-order valence-corrected chi connectivity index (χ2v) is 5.59. The van der Waals surface area contributed by atoms with Crippen molar-refractivity contribution in [3.05, 3.63) is 76.9 Å². The minimum absolute atomic E-state index is 0.228. The van der Waals surface area contributed by atoms with Gasteiger partial charge in [0, 0.05) is 0 Å². The van der Waals surface area contributed by atoms with Gasteiger partial charge in [0.2, 0.25) is 0 Å². The van der Waals surface area contributed by atoms with Crippen molar-refractivity contribution < 1.29 is 0 Å². The van der Waals surface area contributed by atoms with Crippen LogP contribution in [-0.4, -0.2) is 0 Å². The monoisotopic (exact) mass is 284 g/mol. The minimum Gasteiger partial charge on any atom is -0.192 e. The molecule has 1 aliphatic carbocycles. The highest BCUT2D eigenvalue weighted by Crippen LogP contribution is 2.39. The Balaban J connectivity index is 2.07. The molecule has 0 saturated heterocycles. The Kier molecular flexibility index (Phi) is 4.03. The number of nitriles is 2. The molecule has 0 N–H and O–H groups in total. The van der Waals surface area contributed by atoms with Gasteiger partial charge in [-0.15, -0.1) is 0 Å². The highest BCUT2D eigenvalue weighted by Gasteiger charge is 2.27. The number of hydrogen-bond acceptors (Lipinski definition) is 2. The van der Waals surface area contributed by atoms with E-state index in [9.17, 15) is 10.5 Å². The van der Waals surface area contributed by atoms with Gasteiger partial charge in [0.05, 0.1) is 0 Å². The highest BCUT2D eigenvalue weighted by molar-refractivity contribution is 5.79. The molecule has 1 aliphatic rings. The third kappa shape index (κ3) is 2.65. The second kappa shape index (κ2) is 6.29. The molecule has 0 fully saturated rings. The summed E-state index contributed by atoms with van der Waals surface area (Å²) in [5, 5.41) is 18.7. The molecule has 2 aromatic rings. The van der Waals surface area contributed by atoms with Crippen LogP contribution in [0.2, 0.25) is 0 Å². The molecule has 2 heteroatoms. The van der Waals surface area contributed by atoms with Crippen molar-refractivity contribution >= 4 is 5.57 Å². The maximum atomic E-state index is 9.36. The summed E-state index contributed by atoms with van der Waals surface area (Å²) in [4.78, 5) is 0. The van der Waals surface area contributed by atoms with Gasteiger partial charge in [0.25, 0.3) is 0 Å². The van der Waals surface area contributed by atoms with Crippen LogP contribution in [0.15, 0.2) is 60.2 Å². The number of benzene rings is 2. The normalized spacial score (nSPS) is 16.3. The first-order chi connectivity index (χ1) is 10.8. The van der Waals surface area contributed by atoms with Crippen LogP contribution in [0.4, 0.5) is 0 Å². The summed E-state index contributed by atoms with van der Waals surface area (Å²) in [6, 6.07) is 22.6. The molecule has 3 rings (SSSR count). The van der Waals surface area contributed by atoms with Crippen LogP contribution in [0, 0.1) is 28.6 Å². The molecule has 22 heavy (non-hydrogen) atoms. The predicted octanol–water partition coefficient (Wildman–Crippen LogP) is 4.29. The molecule has 0 amide bonds. The molecular formula is C20H16N2. The van der Waals surface area contributed by atoms with Crippen LogP contribution >= 0.6 is 0 Å². The van der Waals surface area contributed by atoms with E-state index in [4.69, 9.17) is 0 Å². The molecule has 0 aliphatic heterocycles. The van der Waals surface area contributed by atoms with E-state index in [1.165, 1.54) is 11.1 Å². The number of allylic oxidation sites excluding steroid dienone is 2. The Labute approximate surface area is 130 Å². The van der Waals surface area contributed by atoms with Gasteiger partial charge in [-0.2, -0.15) is 10.5 Å². The third-order valence-corrected chi connectivity index (χ3v) is 4.30. The molecule has 0 heterocycles. The summed E-state index contributed by atoms with van der Waals surface area (Å²) in [6.07, 6.45) is 2.85. The molecule has 0 bridgehead atoms. The fourth-order valence-corrected chi connectivity index (χ4v) is 3.28. The summed E-state index contributed by atoms with van der Waals surface area (Å²) in [7, 11) is 0. The van der Waals surface area contributed by atoms with Crippen molar-refractivity contribution in [3.63, 3.8) is 0 Å². The van der Waals surface area contributed by atoms with Gasteiger partial charge in [0.1, 0.15) is 17.7 Å². The second-order valence-electron chi connectivity index (χ2n) is 5.59. The van der Waals surface area contributed by atoms with E-state index < -0.39 is 0 Å². The molecule has 0 aromatic heterocycles. The van der Waals surface area contributed by atoms with Gasteiger partial charge in [-0.3, -0.25) is 0 Å². The van der Waals surface area contributed by atoms with Gasteiger partial charge in [-0.05, 0) is 47.4 Å². The van der Waals surface area contributed by atoms with E-state index in [0.717, 1.165) is 30.4 Å². The molecular weight excluding hydrogens is 268 g/mol. The molecule has 0 spiro atoms. The topological polar surface area (TPSA) is 47.6 Å². The van der Waals surface area contributed by atoms with Crippen LogP contribution in [0.5, 0.6) is 0 Å². The van der Waals surface area contributed by atoms with E-state index in [-0.39, 0.29) is 11.5 Å². The summed E-state index contributed by atoms with van der Waals surface area (Å²) >= 11 is 0. The van der Waals surface area contributed by atoms with Crippen molar-refractivity contribution in [3.8, 4) is 12.1 Å². The van der Waals surface area contributed by atoms with Crippen LogP contribution < -0.4 is 0 Å². The van der Waals surface area contributed by atoms with Crippen molar-refractivity contribution in [2.24, 2.45) is 5.92 Å². The van der Waals surface area contributed by atoms with E-state index in [0.29, 0.717) is 0 Å². The van der Waals surface area contributed by atoms with E-state index in [1.807, 2.05) is 36.4 Å². The molecule has 2 aromatic carbocycles. The van der Waals surface area contributed by atoms with Crippen molar-refractivity contribution in [2.45, 2.75) is 19.3 Å². The van der Waals surface area contributed by atoms with Gasteiger partial charge < -0.3 is 0 Å². The van der Waals surface area contributed by atoms with Gasteiger partial charge in [0.15, 0.2) is 0 Å². The largest absolute Gasteiger partial charge is 0.192 e. The zero-order chi connectivity index (χ0) is 15.4. The smallest absolute Gasteiger partial charge is 0.133 e. The average molecular weight is 284 g/mol. The highest BCUT2D eigenvalue weighted by atomic mass is 14.3. The zero-order valence-corrected chi connectivity index (χ0v) is 12.3. The molecule has 1 unspecified atom stereocenters. The summed E-state index contributed by atoms with van der Waals surface area (Å²) in [5.41, 5.74) is 4.75. The number of fused-ring (bicyclic) bond motifs is 1. The lowest BCUT2D eigenvalue weighted by atomic mass is 9.75. The van der Waals surface area contributed by atoms with Crippen LogP contribution in [0.25, 0.3) is 5.57 Å². The fraction of sp³-hybridized carbons (Fsp3) is 0.200. The van der Waals surface area contributed by atoms with Crippen LogP contribution in [0.1, 0.15) is 23.1 Å². The van der Waals surface area contributed by atoms with Crippen LogP contribution in [-0.2, 0) is 12.8 Å². The summed E-state index contributed by atoms with van der Waals surface area (Å²) in [6.45, 7) is 0. The minimum atomic E-state index is 0.228. The summed E-state index contributed by atoms with van der Waals surface area (Å²) < 4.78 is 0. The summed E-state index contributed by atoms with van der Waals surface area (Å²) in [5.74, 6) is 0.228. The number of aryl methyl sites for hydroxylation is 1. The molecule has 0 saturated carbocycles. The Morgan fingerprint density at radius 1 is 0.955 bits per heavy atom. The maximum absolute atomic E-state index is 9.36. The number of rotatable bonds is 2. The average Bonchev–Trinajstić information content (AvgIpc) is 2.58. The fourth-order valence-electron chi connectivity index (χ4n) is 3.28. The zero-order valence-electron chi connectivity index (χ0n) is 12.3. The Hall–Kier alpha value is -2.84. The first-order valence-corrected chi connectivity index (χ1v) is 7.50. The Morgan fingerprint density at radius 3 is 2.36 bits per heavy atom. The predicted molar refractivity (Wildman–Crippen MR) is 86.5 cm³/mol. The van der Waals surface area contributed by atoms with Gasteiger partial charge in [-0.1, -0.05) is 54.6 Å². The third-order valence-electron chi connectivity index (χ3n) is 4.30. The Bertz CT molecular complexity index is 772. The van der Waals surface area contributed by atoms with E-state index in [2.05, 4.69) is 30.3 Å². The SMILES string of the molecule is N#CC(C#N)=C1c2ccccc2CCC1Cc1ccccc1. The molecule has 0 radical (unpaired) electrons. The molecule has 1 atom stereocenters. The number of hydrogen-bond donors (Lipinski definition) is 0. The quantitative estimate of drug-likeness (QED) is 0.772. The van der Waals surface area contributed by atoms with Crippen LogP contribution in [0.3, 0.4) is 0 Å². The maximum Gasteiger partial charge on any atom is 0.133 e. The van der Waals surface area contributed by atoms with Crippen molar-refractivity contribution in [2.75, 3.05) is 0 Å². The first-order valence-electron chi connectivity index (χ1n) is 7.50. The van der Waals surface area contributed by atoms with Gasteiger partial charge in [-0.25, -0.2) is 0 Å². The molecule has 2 nitrogen and oxygen atoms in total. The molecule has 106 valence electrons. The first kappa shape index (κ1) is 14.1. The van der Waals surface area contributed by atoms with Crippen molar-refractivity contribution in [1.82, 2.24) is 0 Å².